The highest BCUT2D eigenvalue weighted by Crippen LogP contribution is 2.36. The third-order valence-corrected chi connectivity index (χ3v) is 4.04. The van der Waals surface area contributed by atoms with Crippen LogP contribution in [-0.4, -0.2) is 10.7 Å². The van der Waals surface area contributed by atoms with Gasteiger partial charge >= 0.3 is 0 Å². The van der Waals surface area contributed by atoms with Gasteiger partial charge in [0, 0.05) is 6.42 Å². The first-order valence-electron chi connectivity index (χ1n) is 5.30. The second-order valence-corrected chi connectivity index (χ2v) is 6.20. The second-order valence-electron chi connectivity index (χ2n) is 5.41. The molecule has 0 radical (unpaired) electrons. The molecule has 16 heavy (non-hydrogen) atoms. The summed E-state index contributed by atoms with van der Waals surface area (Å²) in [5.41, 5.74) is -0.144. The van der Waals surface area contributed by atoms with E-state index in [1.54, 1.807) is 6.07 Å². The molecule has 1 N–H and O–H groups in total. The van der Waals surface area contributed by atoms with Gasteiger partial charge in [0.25, 0.3) is 0 Å². The van der Waals surface area contributed by atoms with E-state index in [1.807, 2.05) is 39.8 Å². The lowest BCUT2D eigenvalue weighted by atomic mass is 9.74. The minimum atomic E-state index is -0.818. The van der Waals surface area contributed by atoms with Crippen LogP contribution in [0.5, 0.6) is 0 Å². The van der Waals surface area contributed by atoms with E-state index in [0.29, 0.717) is 16.5 Å². The fourth-order valence-electron chi connectivity index (χ4n) is 1.32. The molecule has 0 aliphatic heterocycles. The summed E-state index contributed by atoms with van der Waals surface area (Å²) in [5, 5.41) is 11.5. The Bertz CT molecular complexity index is 378. The van der Waals surface area contributed by atoms with E-state index < -0.39 is 5.60 Å². The molecule has 0 saturated carbocycles. The fourth-order valence-corrected chi connectivity index (χ4v) is 1.71. The maximum absolute atomic E-state index is 10.4. The molecule has 0 saturated heterocycles. The Morgan fingerprint density at radius 3 is 2.19 bits per heavy atom. The highest BCUT2D eigenvalue weighted by Gasteiger charge is 2.35. The number of aliphatic hydroxyl groups is 1. The van der Waals surface area contributed by atoms with E-state index >= 15 is 0 Å². The van der Waals surface area contributed by atoms with E-state index in [2.05, 4.69) is 0 Å². The number of benzene rings is 1. The summed E-state index contributed by atoms with van der Waals surface area (Å²) in [4.78, 5) is 0. The Balaban J connectivity index is 3.02. The highest BCUT2D eigenvalue weighted by atomic mass is 35.5. The zero-order chi connectivity index (χ0) is 12.6. The molecule has 1 nitrogen and oxygen atoms in total. The Labute approximate surface area is 107 Å². The maximum Gasteiger partial charge on any atom is 0.0708 e. The van der Waals surface area contributed by atoms with E-state index in [-0.39, 0.29) is 5.41 Å². The van der Waals surface area contributed by atoms with Crippen LogP contribution >= 0.6 is 23.2 Å². The summed E-state index contributed by atoms with van der Waals surface area (Å²) in [6.45, 7) is 7.84. The minimum absolute atomic E-state index is 0.210. The predicted molar refractivity (Wildman–Crippen MR) is 70.2 cm³/mol. The monoisotopic (exact) mass is 260 g/mol. The number of hydrogen-bond donors (Lipinski definition) is 1. The van der Waals surface area contributed by atoms with Crippen molar-refractivity contribution >= 4 is 23.2 Å². The third-order valence-electron chi connectivity index (χ3n) is 3.18. The summed E-state index contributed by atoms with van der Waals surface area (Å²) >= 11 is 12.0. The van der Waals surface area contributed by atoms with Crippen LogP contribution in [0.15, 0.2) is 18.2 Å². The molecule has 0 aliphatic carbocycles. The molecule has 90 valence electrons. The third kappa shape index (κ3) is 2.91. The smallest absolute Gasteiger partial charge is 0.0708 e. The van der Waals surface area contributed by atoms with Gasteiger partial charge in [-0.15, -0.1) is 0 Å². The van der Waals surface area contributed by atoms with Crippen molar-refractivity contribution < 1.29 is 5.11 Å². The van der Waals surface area contributed by atoms with Gasteiger partial charge in [0.1, 0.15) is 0 Å². The molecule has 1 aromatic rings. The number of hydrogen-bond acceptors (Lipinski definition) is 1. The lowest BCUT2D eigenvalue weighted by molar-refractivity contribution is -0.0405. The van der Waals surface area contributed by atoms with E-state index in [1.165, 1.54) is 0 Å². The lowest BCUT2D eigenvalue weighted by Gasteiger charge is -2.37. The van der Waals surface area contributed by atoms with Gasteiger partial charge in [0.2, 0.25) is 0 Å². The van der Waals surface area contributed by atoms with Crippen LogP contribution in [0.25, 0.3) is 0 Å². The molecule has 0 heterocycles. The molecule has 0 fully saturated rings. The van der Waals surface area contributed by atoms with Gasteiger partial charge in [0.15, 0.2) is 0 Å². The molecule has 1 rings (SSSR count). The molecule has 0 aliphatic rings. The van der Waals surface area contributed by atoms with Crippen molar-refractivity contribution in [2.24, 2.45) is 5.41 Å². The van der Waals surface area contributed by atoms with Crippen molar-refractivity contribution in [3.8, 4) is 0 Å². The Morgan fingerprint density at radius 2 is 1.69 bits per heavy atom. The first kappa shape index (κ1) is 13.8. The molecule has 0 amide bonds. The van der Waals surface area contributed by atoms with Crippen LogP contribution in [0, 0.1) is 5.41 Å². The van der Waals surface area contributed by atoms with Crippen LogP contribution in [0.1, 0.15) is 33.3 Å². The predicted octanol–water partition coefficient (Wildman–Crippen LogP) is 4.33. The standard InChI is InChI=1S/C13H18Cl2O/c1-12(2,3)13(4,16)8-9-6-5-7-10(14)11(9)15/h5-7,16H,8H2,1-4H3. The van der Waals surface area contributed by atoms with E-state index in [9.17, 15) is 5.11 Å². The summed E-state index contributed by atoms with van der Waals surface area (Å²) in [6, 6.07) is 5.50. The van der Waals surface area contributed by atoms with Crippen LogP contribution in [0.3, 0.4) is 0 Å². The summed E-state index contributed by atoms with van der Waals surface area (Å²) < 4.78 is 0. The number of halogens is 2. The zero-order valence-corrected chi connectivity index (χ0v) is 11.7. The van der Waals surface area contributed by atoms with Gasteiger partial charge in [-0.2, -0.15) is 0 Å². The summed E-state index contributed by atoms with van der Waals surface area (Å²) in [6.07, 6.45) is 0.496. The van der Waals surface area contributed by atoms with Gasteiger partial charge in [-0.3, -0.25) is 0 Å². The van der Waals surface area contributed by atoms with Crippen LogP contribution in [-0.2, 0) is 6.42 Å². The lowest BCUT2D eigenvalue weighted by Crippen LogP contribution is -2.41. The summed E-state index contributed by atoms with van der Waals surface area (Å²) in [7, 11) is 0. The normalized spacial score (nSPS) is 15.9. The topological polar surface area (TPSA) is 20.2 Å². The molecule has 0 bridgehead atoms. The Morgan fingerprint density at radius 1 is 1.12 bits per heavy atom. The SMILES string of the molecule is CC(C)(C)C(C)(O)Cc1cccc(Cl)c1Cl. The van der Waals surface area contributed by atoms with Crippen molar-refractivity contribution in [3.05, 3.63) is 33.8 Å². The molecule has 3 heteroatoms. The number of rotatable bonds is 2. The quantitative estimate of drug-likeness (QED) is 0.839. The molecular formula is C13H18Cl2O. The van der Waals surface area contributed by atoms with Crippen molar-refractivity contribution in [2.75, 3.05) is 0 Å². The van der Waals surface area contributed by atoms with Gasteiger partial charge in [-0.1, -0.05) is 56.1 Å². The maximum atomic E-state index is 10.4. The zero-order valence-electron chi connectivity index (χ0n) is 10.1. The molecule has 0 aromatic heterocycles. The first-order valence-corrected chi connectivity index (χ1v) is 6.06. The van der Waals surface area contributed by atoms with Crippen LogP contribution < -0.4 is 0 Å². The fraction of sp³-hybridized carbons (Fsp3) is 0.538. The molecule has 1 atom stereocenters. The summed E-state index contributed by atoms with van der Waals surface area (Å²) in [5.74, 6) is 0. The van der Waals surface area contributed by atoms with E-state index in [0.717, 1.165) is 5.56 Å². The average Bonchev–Trinajstić information content (AvgIpc) is 2.11. The first-order chi connectivity index (χ1) is 7.15. The van der Waals surface area contributed by atoms with Crippen molar-refractivity contribution in [1.82, 2.24) is 0 Å². The van der Waals surface area contributed by atoms with Crippen molar-refractivity contribution in [2.45, 2.75) is 39.7 Å². The molecular weight excluding hydrogens is 243 g/mol. The second kappa shape index (κ2) is 4.56. The highest BCUT2D eigenvalue weighted by molar-refractivity contribution is 6.42. The minimum Gasteiger partial charge on any atom is -0.389 e. The van der Waals surface area contributed by atoms with Gasteiger partial charge < -0.3 is 5.11 Å². The molecule has 0 spiro atoms. The molecule has 1 unspecified atom stereocenters. The molecule has 1 aromatic carbocycles. The van der Waals surface area contributed by atoms with Crippen molar-refractivity contribution in [1.29, 1.82) is 0 Å². The van der Waals surface area contributed by atoms with Crippen molar-refractivity contribution in [3.63, 3.8) is 0 Å². The Kier molecular flexibility index (Phi) is 3.94. The largest absolute Gasteiger partial charge is 0.389 e. The van der Waals surface area contributed by atoms with Gasteiger partial charge in [-0.25, -0.2) is 0 Å². The van der Waals surface area contributed by atoms with E-state index in [4.69, 9.17) is 23.2 Å². The van der Waals surface area contributed by atoms with Gasteiger partial charge in [-0.05, 0) is 24.0 Å². The van der Waals surface area contributed by atoms with Crippen LogP contribution in [0.4, 0.5) is 0 Å². The van der Waals surface area contributed by atoms with Crippen LogP contribution in [0.2, 0.25) is 10.0 Å². The average molecular weight is 261 g/mol. The Hall–Kier alpha value is -0.240. The van der Waals surface area contributed by atoms with Gasteiger partial charge in [0.05, 0.1) is 15.6 Å².